The zero-order valence-electron chi connectivity index (χ0n) is 24.8. The van der Waals surface area contributed by atoms with Crippen molar-refractivity contribution in [1.82, 2.24) is 4.57 Å². The molecule has 0 N–H and O–H groups in total. The van der Waals surface area contributed by atoms with Crippen molar-refractivity contribution in [2.24, 2.45) is 0 Å². The van der Waals surface area contributed by atoms with Crippen LogP contribution in [0.2, 0.25) is 0 Å². The molecule has 0 amide bonds. The maximum atomic E-state index is 10.7. The summed E-state index contributed by atoms with van der Waals surface area (Å²) in [6.45, 7) is 13.6. The van der Waals surface area contributed by atoms with E-state index in [1.807, 2.05) is 36.4 Å². The fourth-order valence-electron chi connectivity index (χ4n) is 5.87. The van der Waals surface area contributed by atoms with Gasteiger partial charge in [0, 0.05) is 21.9 Å². The molecule has 1 aromatic heterocycles. The van der Waals surface area contributed by atoms with Crippen molar-refractivity contribution in [2.45, 2.75) is 52.4 Å². The van der Waals surface area contributed by atoms with E-state index in [9.17, 15) is 5.26 Å². The summed E-state index contributed by atoms with van der Waals surface area (Å²) in [6.07, 6.45) is 0. The molecular formula is C39H36N2. The number of hydrogen-bond acceptors (Lipinski definition) is 1. The van der Waals surface area contributed by atoms with E-state index in [0.717, 1.165) is 39.0 Å². The first-order valence-electron chi connectivity index (χ1n) is 14.4. The second-order valence-corrected chi connectivity index (χ2v) is 13.0. The van der Waals surface area contributed by atoms with Crippen LogP contribution in [0.25, 0.3) is 49.7 Å². The Hall–Kier alpha value is -4.61. The molecule has 41 heavy (non-hydrogen) atoms. The van der Waals surface area contributed by atoms with Gasteiger partial charge in [-0.15, -0.1) is 0 Å². The molecule has 2 heteroatoms. The second-order valence-electron chi connectivity index (χ2n) is 13.0. The summed E-state index contributed by atoms with van der Waals surface area (Å²) in [7, 11) is 0. The first kappa shape index (κ1) is 26.6. The summed E-state index contributed by atoms with van der Waals surface area (Å²) >= 11 is 0. The lowest BCUT2D eigenvalue weighted by Crippen LogP contribution is -2.10. The highest BCUT2D eigenvalue weighted by Crippen LogP contribution is 2.42. The molecule has 1 heterocycles. The highest BCUT2D eigenvalue weighted by atomic mass is 15.0. The van der Waals surface area contributed by atoms with Crippen LogP contribution in [0.5, 0.6) is 0 Å². The quantitative estimate of drug-likeness (QED) is 0.223. The molecule has 0 aliphatic rings. The predicted molar refractivity (Wildman–Crippen MR) is 174 cm³/mol. The van der Waals surface area contributed by atoms with Crippen molar-refractivity contribution in [3.8, 4) is 34.0 Å². The van der Waals surface area contributed by atoms with E-state index in [1.54, 1.807) is 0 Å². The van der Waals surface area contributed by atoms with E-state index in [1.165, 1.54) is 21.9 Å². The van der Waals surface area contributed by atoms with Crippen molar-refractivity contribution in [1.29, 1.82) is 5.26 Å². The molecule has 2 nitrogen and oxygen atoms in total. The van der Waals surface area contributed by atoms with Gasteiger partial charge in [0.05, 0.1) is 22.3 Å². The van der Waals surface area contributed by atoms with Crippen molar-refractivity contribution in [3.63, 3.8) is 0 Å². The van der Waals surface area contributed by atoms with E-state index in [2.05, 4.69) is 125 Å². The van der Waals surface area contributed by atoms with Crippen LogP contribution in [-0.2, 0) is 10.8 Å². The summed E-state index contributed by atoms with van der Waals surface area (Å²) in [5.74, 6) is 0. The van der Waals surface area contributed by atoms with Crippen LogP contribution in [0, 0.1) is 11.3 Å². The van der Waals surface area contributed by atoms with Gasteiger partial charge >= 0.3 is 0 Å². The molecule has 0 bridgehead atoms. The smallest absolute Gasteiger partial charge is 0.101 e. The van der Waals surface area contributed by atoms with Gasteiger partial charge in [-0.2, -0.15) is 5.26 Å². The number of aromatic nitrogens is 1. The molecule has 6 rings (SSSR count). The molecule has 0 spiro atoms. The van der Waals surface area contributed by atoms with Gasteiger partial charge in [-0.25, -0.2) is 0 Å². The largest absolute Gasteiger partial charge is 0.309 e. The summed E-state index contributed by atoms with van der Waals surface area (Å²) in [5, 5.41) is 13.1. The van der Waals surface area contributed by atoms with Gasteiger partial charge < -0.3 is 4.57 Å². The van der Waals surface area contributed by atoms with Crippen LogP contribution < -0.4 is 0 Å². The molecule has 0 saturated heterocycles. The third-order valence-electron chi connectivity index (χ3n) is 8.18. The molecular weight excluding hydrogens is 496 g/mol. The van der Waals surface area contributed by atoms with Crippen LogP contribution in [0.15, 0.2) is 109 Å². The maximum Gasteiger partial charge on any atom is 0.101 e. The van der Waals surface area contributed by atoms with Crippen LogP contribution in [0.4, 0.5) is 0 Å². The van der Waals surface area contributed by atoms with Crippen molar-refractivity contribution in [2.75, 3.05) is 0 Å². The van der Waals surface area contributed by atoms with E-state index >= 15 is 0 Å². The van der Waals surface area contributed by atoms with Crippen LogP contribution in [0.3, 0.4) is 0 Å². The highest BCUT2D eigenvalue weighted by Gasteiger charge is 2.24. The summed E-state index contributed by atoms with van der Waals surface area (Å²) < 4.78 is 2.36. The first-order chi connectivity index (χ1) is 19.6. The summed E-state index contributed by atoms with van der Waals surface area (Å²) in [5.41, 5.74) is 10.7. The number of benzene rings is 5. The molecule has 6 aromatic rings. The van der Waals surface area contributed by atoms with E-state index < -0.39 is 0 Å². The van der Waals surface area contributed by atoms with E-state index in [0.29, 0.717) is 5.56 Å². The molecule has 0 atom stereocenters. The van der Waals surface area contributed by atoms with Gasteiger partial charge in [-0.1, -0.05) is 120 Å². The summed E-state index contributed by atoms with van der Waals surface area (Å²) in [4.78, 5) is 0. The summed E-state index contributed by atoms with van der Waals surface area (Å²) in [6, 6.07) is 41.2. The fourth-order valence-corrected chi connectivity index (χ4v) is 5.87. The van der Waals surface area contributed by atoms with E-state index in [4.69, 9.17) is 0 Å². The maximum absolute atomic E-state index is 10.7. The fraction of sp³-hybridized carbons (Fsp3) is 0.205. The minimum absolute atomic E-state index is 0.0325. The van der Waals surface area contributed by atoms with Gasteiger partial charge in [0.25, 0.3) is 0 Å². The third-order valence-corrected chi connectivity index (χ3v) is 8.18. The average molecular weight is 533 g/mol. The molecule has 0 saturated carbocycles. The Morgan fingerprint density at radius 3 is 1.51 bits per heavy atom. The Bertz CT molecular complexity index is 1870. The molecule has 0 aliphatic carbocycles. The Morgan fingerprint density at radius 2 is 1.05 bits per heavy atom. The zero-order chi connectivity index (χ0) is 28.9. The number of nitrogens with zero attached hydrogens (tertiary/aromatic N) is 2. The first-order valence-corrected chi connectivity index (χ1v) is 14.4. The Labute approximate surface area is 243 Å². The third kappa shape index (κ3) is 4.62. The van der Waals surface area contributed by atoms with Crippen LogP contribution >= 0.6 is 0 Å². The molecule has 0 radical (unpaired) electrons. The zero-order valence-corrected chi connectivity index (χ0v) is 24.8. The molecule has 202 valence electrons. The van der Waals surface area contributed by atoms with Gasteiger partial charge in [-0.05, 0) is 63.4 Å². The number of nitriles is 1. The highest BCUT2D eigenvalue weighted by molar-refractivity contribution is 6.10. The van der Waals surface area contributed by atoms with Gasteiger partial charge in [0.2, 0.25) is 0 Å². The Morgan fingerprint density at radius 1 is 0.561 bits per heavy atom. The minimum Gasteiger partial charge on any atom is -0.309 e. The lowest BCUT2D eigenvalue weighted by molar-refractivity contribution is 0.590. The van der Waals surface area contributed by atoms with Crippen LogP contribution in [-0.4, -0.2) is 4.57 Å². The SMILES string of the molecule is CC(C)(C)c1ccc2c(c1)c1cc(C(C)(C)C)ccc1n2-c1ccc(-c2ccccc2)c(C#N)c1-c1ccccc1. The standard InChI is InChI=1S/C39H36N2/c1-38(2,3)28-17-20-34-31(23-28)32-24-29(39(4,5)6)18-21-35(32)41(34)36-22-19-30(26-13-9-7-10-14-26)33(25-40)37(36)27-15-11-8-12-16-27/h7-24H,1-6H3. The van der Waals surface area contributed by atoms with Crippen LogP contribution in [0.1, 0.15) is 58.2 Å². The van der Waals surface area contributed by atoms with Crippen molar-refractivity contribution >= 4 is 21.8 Å². The molecule has 5 aromatic carbocycles. The molecule has 0 aliphatic heterocycles. The molecule has 0 unspecified atom stereocenters. The lowest BCUT2D eigenvalue weighted by atomic mass is 9.85. The van der Waals surface area contributed by atoms with Gasteiger partial charge in [0.1, 0.15) is 6.07 Å². The van der Waals surface area contributed by atoms with Crippen molar-refractivity contribution in [3.05, 3.63) is 126 Å². The Kier molecular flexibility index (Phi) is 6.35. The monoisotopic (exact) mass is 532 g/mol. The van der Waals surface area contributed by atoms with Crippen molar-refractivity contribution < 1.29 is 0 Å². The normalized spacial score (nSPS) is 12.1. The second kappa shape index (κ2) is 9.79. The van der Waals surface area contributed by atoms with Gasteiger partial charge in [0.15, 0.2) is 0 Å². The van der Waals surface area contributed by atoms with E-state index in [-0.39, 0.29) is 10.8 Å². The Balaban J connectivity index is 1.76. The topological polar surface area (TPSA) is 28.7 Å². The average Bonchev–Trinajstić information content (AvgIpc) is 3.29. The number of rotatable bonds is 3. The number of hydrogen-bond donors (Lipinski definition) is 0. The van der Waals surface area contributed by atoms with Gasteiger partial charge in [-0.3, -0.25) is 0 Å². The molecule has 0 fully saturated rings. The predicted octanol–water partition coefficient (Wildman–Crippen LogP) is 10.6. The lowest BCUT2D eigenvalue weighted by Gasteiger charge is -2.20. The minimum atomic E-state index is 0.0325. The number of fused-ring (bicyclic) bond motifs is 3.